The predicted molar refractivity (Wildman–Crippen MR) is 72.1 cm³/mol. The molecule has 0 aliphatic carbocycles. The van der Waals surface area contributed by atoms with Crippen molar-refractivity contribution in [1.29, 1.82) is 0 Å². The number of piperazine rings is 1. The third-order valence-electron chi connectivity index (χ3n) is 2.86. The number of anilines is 1. The number of nitrogens with zero attached hydrogens (tertiary/aromatic N) is 3. The highest BCUT2D eigenvalue weighted by atomic mass is 32.2. The summed E-state index contributed by atoms with van der Waals surface area (Å²) in [6.07, 6.45) is 1.21. The zero-order valence-corrected chi connectivity index (χ0v) is 12.3. The molecule has 9 heteroatoms. The van der Waals surface area contributed by atoms with Crippen LogP contribution in [0.4, 0.5) is 5.13 Å². The fraction of sp³-hybridized carbons (Fsp3) is 0.600. The van der Waals surface area contributed by atoms with Crippen LogP contribution in [-0.4, -0.2) is 63.2 Å². The maximum atomic E-state index is 11.4. The lowest BCUT2D eigenvalue weighted by Gasteiger charge is -2.32. The smallest absolute Gasteiger partial charge is 0.357 e. The fourth-order valence-electron chi connectivity index (χ4n) is 1.82. The van der Waals surface area contributed by atoms with Gasteiger partial charge in [0.1, 0.15) is 0 Å². The molecule has 0 N–H and O–H groups in total. The van der Waals surface area contributed by atoms with Gasteiger partial charge in [-0.1, -0.05) is 0 Å². The molecule has 2 heterocycles. The molecule has 0 amide bonds. The first kappa shape index (κ1) is 14.2. The number of hydrogen-bond acceptors (Lipinski definition) is 7. The van der Waals surface area contributed by atoms with E-state index in [0.29, 0.717) is 31.3 Å². The molecule has 1 fully saturated rings. The topological polar surface area (TPSA) is 79.8 Å². The first-order chi connectivity index (χ1) is 8.91. The van der Waals surface area contributed by atoms with Crippen molar-refractivity contribution >= 4 is 32.5 Å². The van der Waals surface area contributed by atoms with Gasteiger partial charge in [0, 0.05) is 31.6 Å². The zero-order chi connectivity index (χ0) is 14.0. The summed E-state index contributed by atoms with van der Waals surface area (Å²) >= 11 is 1.35. The van der Waals surface area contributed by atoms with Crippen molar-refractivity contribution in [3.8, 4) is 0 Å². The molecule has 19 heavy (non-hydrogen) atoms. The van der Waals surface area contributed by atoms with Crippen molar-refractivity contribution < 1.29 is 17.9 Å². The summed E-state index contributed by atoms with van der Waals surface area (Å²) in [6.45, 7) is 2.01. The van der Waals surface area contributed by atoms with Crippen LogP contribution in [0.2, 0.25) is 0 Å². The van der Waals surface area contributed by atoms with Gasteiger partial charge in [-0.15, -0.1) is 11.3 Å². The Morgan fingerprint density at radius 2 is 2.00 bits per heavy atom. The SMILES string of the molecule is COC(=O)c1csc(N2CCN(S(C)(=O)=O)CC2)n1. The van der Waals surface area contributed by atoms with Gasteiger partial charge in [-0.3, -0.25) is 0 Å². The Hall–Kier alpha value is -1.19. The summed E-state index contributed by atoms with van der Waals surface area (Å²) in [5.41, 5.74) is 0.285. The summed E-state index contributed by atoms with van der Waals surface area (Å²) in [5.74, 6) is -0.461. The van der Waals surface area contributed by atoms with E-state index in [-0.39, 0.29) is 5.69 Å². The fourth-order valence-corrected chi connectivity index (χ4v) is 3.49. The van der Waals surface area contributed by atoms with Crippen LogP contribution in [0.5, 0.6) is 0 Å². The van der Waals surface area contributed by atoms with Gasteiger partial charge < -0.3 is 9.64 Å². The third-order valence-corrected chi connectivity index (χ3v) is 5.07. The minimum atomic E-state index is -3.13. The summed E-state index contributed by atoms with van der Waals surface area (Å²) in [4.78, 5) is 17.5. The number of hydrogen-bond donors (Lipinski definition) is 0. The molecular weight excluding hydrogens is 290 g/mol. The summed E-state index contributed by atoms with van der Waals surface area (Å²) < 4.78 is 28.8. The summed E-state index contributed by atoms with van der Waals surface area (Å²) in [7, 11) is -1.82. The second kappa shape index (κ2) is 5.43. The van der Waals surface area contributed by atoms with Crippen molar-refractivity contribution in [2.45, 2.75) is 0 Å². The van der Waals surface area contributed by atoms with E-state index < -0.39 is 16.0 Å². The number of sulfonamides is 1. The predicted octanol–water partition coefficient (Wildman–Crippen LogP) is 0.0113. The van der Waals surface area contributed by atoms with Crippen LogP contribution in [0.25, 0.3) is 0 Å². The molecule has 1 aliphatic heterocycles. The second-order valence-electron chi connectivity index (χ2n) is 4.16. The van der Waals surface area contributed by atoms with Crippen LogP contribution in [0.15, 0.2) is 5.38 Å². The van der Waals surface area contributed by atoms with Gasteiger partial charge in [-0.05, 0) is 0 Å². The molecule has 106 valence electrons. The number of carbonyl (C=O) groups is 1. The highest BCUT2D eigenvalue weighted by molar-refractivity contribution is 7.88. The molecule has 1 saturated heterocycles. The normalized spacial score (nSPS) is 17.5. The number of rotatable bonds is 3. The Bertz CT molecular complexity index is 561. The first-order valence-corrected chi connectivity index (χ1v) is 8.38. The lowest BCUT2D eigenvalue weighted by Crippen LogP contribution is -2.48. The lowest BCUT2D eigenvalue weighted by molar-refractivity contribution is 0.0595. The number of thiazole rings is 1. The molecular formula is C10H15N3O4S2. The molecule has 0 saturated carbocycles. The number of aromatic nitrogens is 1. The van der Waals surface area contributed by atoms with Gasteiger partial charge in [0.25, 0.3) is 0 Å². The average Bonchev–Trinajstić information content (AvgIpc) is 2.86. The zero-order valence-electron chi connectivity index (χ0n) is 10.7. The van der Waals surface area contributed by atoms with Crippen molar-refractivity contribution in [2.75, 3.05) is 44.4 Å². The second-order valence-corrected chi connectivity index (χ2v) is 6.97. The van der Waals surface area contributed by atoms with Gasteiger partial charge in [0.05, 0.1) is 13.4 Å². The van der Waals surface area contributed by atoms with Gasteiger partial charge in [-0.25, -0.2) is 18.2 Å². The molecule has 0 atom stereocenters. The van der Waals surface area contributed by atoms with E-state index in [0.717, 1.165) is 0 Å². The minimum Gasteiger partial charge on any atom is -0.464 e. The molecule has 0 aromatic carbocycles. The van der Waals surface area contributed by atoms with Crippen LogP contribution in [-0.2, 0) is 14.8 Å². The Morgan fingerprint density at radius 3 is 2.53 bits per heavy atom. The molecule has 2 rings (SSSR count). The Labute approximate surface area is 115 Å². The van der Waals surface area contributed by atoms with Crippen molar-refractivity contribution in [3.05, 3.63) is 11.1 Å². The molecule has 7 nitrogen and oxygen atoms in total. The summed E-state index contributed by atoms with van der Waals surface area (Å²) in [6, 6.07) is 0. The molecule has 0 spiro atoms. The van der Waals surface area contributed by atoms with Gasteiger partial charge >= 0.3 is 5.97 Å². The standard InChI is InChI=1S/C10H15N3O4S2/c1-17-9(14)8-7-18-10(11-8)12-3-5-13(6-4-12)19(2,15)16/h7H,3-6H2,1-2H3. The highest BCUT2D eigenvalue weighted by Crippen LogP contribution is 2.22. The van der Waals surface area contributed by atoms with Gasteiger partial charge in [0.2, 0.25) is 10.0 Å². The van der Waals surface area contributed by atoms with Crippen LogP contribution >= 0.6 is 11.3 Å². The van der Waals surface area contributed by atoms with E-state index in [9.17, 15) is 13.2 Å². The number of ether oxygens (including phenoxy) is 1. The highest BCUT2D eigenvalue weighted by Gasteiger charge is 2.25. The Balaban J connectivity index is 2.02. The van der Waals surface area contributed by atoms with Crippen LogP contribution in [0.3, 0.4) is 0 Å². The number of carbonyl (C=O) groups excluding carboxylic acids is 1. The Morgan fingerprint density at radius 1 is 1.37 bits per heavy atom. The maximum Gasteiger partial charge on any atom is 0.357 e. The van der Waals surface area contributed by atoms with Gasteiger partial charge in [-0.2, -0.15) is 4.31 Å². The first-order valence-electron chi connectivity index (χ1n) is 5.65. The third kappa shape index (κ3) is 3.23. The van der Waals surface area contributed by atoms with Crippen molar-refractivity contribution in [3.63, 3.8) is 0 Å². The molecule has 0 unspecified atom stereocenters. The van der Waals surface area contributed by atoms with E-state index in [1.165, 1.54) is 29.0 Å². The summed E-state index contributed by atoms with van der Waals surface area (Å²) in [5, 5.41) is 2.36. The van der Waals surface area contributed by atoms with E-state index >= 15 is 0 Å². The lowest BCUT2D eigenvalue weighted by atomic mass is 10.4. The van der Waals surface area contributed by atoms with E-state index in [4.69, 9.17) is 0 Å². The largest absolute Gasteiger partial charge is 0.464 e. The maximum absolute atomic E-state index is 11.4. The molecule has 1 aromatic heterocycles. The van der Waals surface area contributed by atoms with Crippen molar-refractivity contribution in [2.24, 2.45) is 0 Å². The van der Waals surface area contributed by atoms with Crippen LogP contribution in [0.1, 0.15) is 10.5 Å². The quantitative estimate of drug-likeness (QED) is 0.732. The molecule has 0 bridgehead atoms. The van der Waals surface area contributed by atoms with Gasteiger partial charge in [0.15, 0.2) is 10.8 Å². The molecule has 1 aromatic rings. The van der Waals surface area contributed by atoms with Crippen LogP contribution < -0.4 is 4.90 Å². The Kier molecular flexibility index (Phi) is 4.07. The minimum absolute atomic E-state index is 0.285. The number of methoxy groups -OCH3 is 1. The van der Waals surface area contributed by atoms with E-state index in [1.54, 1.807) is 5.38 Å². The van der Waals surface area contributed by atoms with Crippen LogP contribution in [0, 0.1) is 0 Å². The monoisotopic (exact) mass is 305 g/mol. The van der Waals surface area contributed by atoms with E-state index in [2.05, 4.69) is 9.72 Å². The molecule has 1 aliphatic rings. The number of esters is 1. The van der Waals surface area contributed by atoms with E-state index in [1.807, 2.05) is 4.90 Å². The average molecular weight is 305 g/mol. The van der Waals surface area contributed by atoms with Crippen molar-refractivity contribution in [1.82, 2.24) is 9.29 Å². The molecule has 0 radical (unpaired) electrons.